The normalized spacial score (nSPS) is 10.3. The van der Waals surface area contributed by atoms with Crippen LogP contribution in [0.1, 0.15) is 11.3 Å². The number of rotatable bonds is 3. The Morgan fingerprint density at radius 2 is 1.94 bits per heavy atom. The van der Waals surface area contributed by atoms with E-state index in [1.54, 1.807) is 7.11 Å². The molecule has 3 N–H and O–H groups in total. The molecule has 0 aliphatic rings. The Labute approximate surface area is 91.7 Å². The molecule has 0 aliphatic heterocycles. The van der Waals surface area contributed by atoms with Gasteiger partial charge in [-0.2, -0.15) is 0 Å². The second-order valence-corrected chi connectivity index (χ2v) is 3.43. The highest BCUT2D eigenvalue weighted by molar-refractivity contribution is 5.31. The lowest BCUT2D eigenvalue weighted by Gasteiger charge is -2.02. The van der Waals surface area contributed by atoms with Gasteiger partial charge in [-0.25, -0.2) is 4.79 Å². The number of aromatic nitrogens is 2. The molecule has 0 radical (unpaired) electrons. The molecule has 16 heavy (non-hydrogen) atoms. The zero-order valence-electron chi connectivity index (χ0n) is 8.78. The molecule has 0 amide bonds. The number of aromatic hydroxyl groups is 1. The van der Waals surface area contributed by atoms with Crippen LogP contribution in [0.4, 0.5) is 0 Å². The van der Waals surface area contributed by atoms with E-state index in [1.807, 2.05) is 24.3 Å². The van der Waals surface area contributed by atoms with Gasteiger partial charge in [0, 0.05) is 6.42 Å². The van der Waals surface area contributed by atoms with E-state index in [9.17, 15) is 9.90 Å². The monoisotopic (exact) mass is 220 g/mol. The minimum Gasteiger partial charge on any atom is -0.497 e. The van der Waals surface area contributed by atoms with E-state index in [4.69, 9.17) is 4.74 Å². The largest absolute Gasteiger partial charge is 0.497 e. The predicted octanol–water partition coefficient (Wildman–Crippen LogP) is 1.01. The Hall–Kier alpha value is -2.17. The molecule has 0 fully saturated rings. The fraction of sp³-hybridized carbons (Fsp3) is 0.182. The molecule has 1 aromatic carbocycles. The van der Waals surface area contributed by atoms with Crippen LogP contribution in [-0.2, 0) is 6.42 Å². The van der Waals surface area contributed by atoms with Crippen molar-refractivity contribution in [3.8, 4) is 11.6 Å². The number of methoxy groups -OCH3 is 1. The fourth-order valence-electron chi connectivity index (χ4n) is 1.49. The first kappa shape index (κ1) is 10.4. The summed E-state index contributed by atoms with van der Waals surface area (Å²) >= 11 is 0. The van der Waals surface area contributed by atoms with Gasteiger partial charge in [0.15, 0.2) is 0 Å². The van der Waals surface area contributed by atoms with Gasteiger partial charge in [0.05, 0.1) is 12.8 Å². The standard InChI is InChI=1S/C11H12N2O3/c1-16-8-4-2-7(3-5-8)6-9-10(14)13-11(15)12-9/h2-5,14H,6H2,1H3,(H2,12,13,15). The first-order valence-electron chi connectivity index (χ1n) is 4.82. The molecule has 0 aliphatic carbocycles. The predicted molar refractivity (Wildman–Crippen MR) is 58.9 cm³/mol. The molecule has 1 aromatic heterocycles. The van der Waals surface area contributed by atoms with Crippen LogP contribution in [0.2, 0.25) is 0 Å². The Morgan fingerprint density at radius 1 is 1.25 bits per heavy atom. The van der Waals surface area contributed by atoms with Crippen molar-refractivity contribution in [1.29, 1.82) is 0 Å². The quantitative estimate of drug-likeness (QED) is 0.722. The summed E-state index contributed by atoms with van der Waals surface area (Å²) < 4.78 is 5.03. The maximum atomic E-state index is 10.9. The molecule has 0 spiro atoms. The molecule has 2 aromatic rings. The van der Waals surface area contributed by atoms with E-state index in [0.29, 0.717) is 12.1 Å². The molecule has 0 atom stereocenters. The zero-order chi connectivity index (χ0) is 11.5. The molecule has 0 saturated heterocycles. The highest BCUT2D eigenvalue weighted by Gasteiger charge is 2.06. The van der Waals surface area contributed by atoms with Gasteiger partial charge < -0.3 is 14.8 Å². The second-order valence-electron chi connectivity index (χ2n) is 3.43. The molecule has 2 rings (SSSR count). The van der Waals surface area contributed by atoms with Crippen LogP contribution < -0.4 is 10.4 Å². The van der Waals surface area contributed by atoms with Crippen LogP contribution in [0.5, 0.6) is 11.6 Å². The summed E-state index contributed by atoms with van der Waals surface area (Å²) in [5, 5.41) is 9.38. The number of imidazole rings is 1. The first-order chi connectivity index (χ1) is 7.69. The van der Waals surface area contributed by atoms with Crippen LogP contribution in [0, 0.1) is 0 Å². The number of hydrogen-bond donors (Lipinski definition) is 3. The average molecular weight is 220 g/mol. The van der Waals surface area contributed by atoms with Gasteiger partial charge in [-0.15, -0.1) is 0 Å². The van der Waals surface area contributed by atoms with Gasteiger partial charge in [-0.05, 0) is 17.7 Å². The van der Waals surface area contributed by atoms with E-state index in [1.165, 1.54) is 0 Å². The lowest BCUT2D eigenvalue weighted by atomic mass is 10.1. The van der Waals surface area contributed by atoms with Gasteiger partial charge in [-0.1, -0.05) is 12.1 Å². The van der Waals surface area contributed by atoms with Crippen molar-refractivity contribution in [1.82, 2.24) is 9.97 Å². The van der Waals surface area contributed by atoms with Gasteiger partial charge in [-0.3, -0.25) is 4.98 Å². The molecule has 1 heterocycles. The Balaban J connectivity index is 2.20. The van der Waals surface area contributed by atoms with E-state index in [0.717, 1.165) is 11.3 Å². The smallest absolute Gasteiger partial charge is 0.325 e. The van der Waals surface area contributed by atoms with Crippen LogP contribution in [-0.4, -0.2) is 22.2 Å². The van der Waals surface area contributed by atoms with Crippen molar-refractivity contribution in [3.05, 3.63) is 46.0 Å². The highest BCUT2D eigenvalue weighted by Crippen LogP contribution is 2.16. The van der Waals surface area contributed by atoms with E-state index in [2.05, 4.69) is 9.97 Å². The third kappa shape index (κ3) is 2.08. The van der Waals surface area contributed by atoms with E-state index in [-0.39, 0.29) is 5.88 Å². The van der Waals surface area contributed by atoms with Crippen LogP contribution >= 0.6 is 0 Å². The number of H-pyrrole nitrogens is 2. The van der Waals surface area contributed by atoms with E-state index < -0.39 is 5.69 Å². The number of hydrogen-bond acceptors (Lipinski definition) is 3. The Kier molecular flexibility index (Phi) is 2.68. The van der Waals surface area contributed by atoms with Crippen molar-refractivity contribution in [2.24, 2.45) is 0 Å². The molecular weight excluding hydrogens is 208 g/mol. The summed E-state index contributed by atoms with van der Waals surface area (Å²) in [5.41, 5.74) is 1.06. The minimum absolute atomic E-state index is 0.110. The SMILES string of the molecule is COc1ccc(Cc2[nH]c(=O)[nH]c2O)cc1. The topological polar surface area (TPSA) is 78.1 Å². The lowest BCUT2D eigenvalue weighted by molar-refractivity contribution is 0.414. The van der Waals surface area contributed by atoms with Crippen molar-refractivity contribution in [2.75, 3.05) is 7.11 Å². The van der Waals surface area contributed by atoms with E-state index >= 15 is 0 Å². The molecule has 0 bridgehead atoms. The number of ether oxygens (including phenoxy) is 1. The molecule has 0 unspecified atom stereocenters. The average Bonchev–Trinajstić information content (AvgIpc) is 2.59. The van der Waals surface area contributed by atoms with Gasteiger partial charge >= 0.3 is 5.69 Å². The number of benzene rings is 1. The van der Waals surface area contributed by atoms with Crippen molar-refractivity contribution in [3.63, 3.8) is 0 Å². The van der Waals surface area contributed by atoms with Crippen molar-refractivity contribution in [2.45, 2.75) is 6.42 Å². The van der Waals surface area contributed by atoms with Crippen LogP contribution in [0.15, 0.2) is 29.1 Å². The first-order valence-corrected chi connectivity index (χ1v) is 4.82. The van der Waals surface area contributed by atoms with Gasteiger partial charge in [0.2, 0.25) is 5.88 Å². The third-order valence-corrected chi connectivity index (χ3v) is 2.32. The van der Waals surface area contributed by atoms with Crippen LogP contribution in [0.3, 0.4) is 0 Å². The van der Waals surface area contributed by atoms with Crippen LogP contribution in [0.25, 0.3) is 0 Å². The lowest BCUT2D eigenvalue weighted by Crippen LogP contribution is -2.01. The second kappa shape index (κ2) is 4.14. The summed E-state index contributed by atoms with van der Waals surface area (Å²) in [7, 11) is 1.60. The zero-order valence-corrected chi connectivity index (χ0v) is 8.78. The maximum absolute atomic E-state index is 10.9. The number of nitrogens with one attached hydrogen (secondary N) is 2. The summed E-state index contributed by atoms with van der Waals surface area (Å²) in [5.74, 6) is 0.663. The van der Waals surface area contributed by atoms with Gasteiger partial charge in [0.25, 0.3) is 0 Å². The third-order valence-electron chi connectivity index (χ3n) is 2.32. The molecule has 5 nitrogen and oxygen atoms in total. The molecule has 0 saturated carbocycles. The maximum Gasteiger partial charge on any atom is 0.325 e. The summed E-state index contributed by atoms with van der Waals surface area (Å²) in [4.78, 5) is 15.7. The summed E-state index contributed by atoms with van der Waals surface area (Å²) in [6.07, 6.45) is 0.467. The fourth-order valence-corrected chi connectivity index (χ4v) is 1.49. The van der Waals surface area contributed by atoms with Gasteiger partial charge in [0.1, 0.15) is 5.75 Å². The van der Waals surface area contributed by atoms with Crippen molar-refractivity contribution >= 4 is 0 Å². The summed E-state index contributed by atoms with van der Waals surface area (Å²) in [6, 6.07) is 7.42. The molecule has 84 valence electrons. The minimum atomic E-state index is -0.402. The van der Waals surface area contributed by atoms with Crippen molar-refractivity contribution < 1.29 is 9.84 Å². The Morgan fingerprint density at radius 3 is 2.44 bits per heavy atom. The number of aromatic amines is 2. The summed E-state index contributed by atoms with van der Waals surface area (Å²) in [6.45, 7) is 0. The highest BCUT2D eigenvalue weighted by atomic mass is 16.5. The molecule has 5 heteroatoms. The Bertz CT molecular complexity index is 525. The molecular formula is C11H12N2O3.